The molecule has 1 N–H and O–H groups in total. The van der Waals surface area contributed by atoms with E-state index in [0.29, 0.717) is 32.2 Å². The minimum Gasteiger partial charge on any atom is -0.465 e. The number of rotatable bonds is 26. The van der Waals surface area contributed by atoms with Gasteiger partial charge in [-0.3, -0.25) is 9.59 Å². The second-order valence-electron chi connectivity index (χ2n) is 12.3. The molecule has 0 spiro atoms. The first-order valence-electron chi connectivity index (χ1n) is 16.8. The van der Waals surface area contributed by atoms with Crippen LogP contribution in [0.4, 0.5) is 0 Å². The van der Waals surface area contributed by atoms with Gasteiger partial charge in [0.15, 0.2) is 0 Å². The molecule has 6 heteroatoms. The van der Waals surface area contributed by atoms with Gasteiger partial charge in [-0.25, -0.2) is 0 Å². The SMILES string of the molecule is CCCCCCCCCCCC(=O)OCC1(COC(=O)CCCCCCCCCCCC2CO2)CCNCC1. The van der Waals surface area contributed by atoms with Crippen molar-refractivity contribution in [1.29, 1.82) is 0 Å². The Hall–Kier alpha value is -1.14. The second kappa shape index (κ2) is 22.5. The molecule has 0 aromatic rings. The van der Waals surface area contributed by atoms with Gasteiger partial charge >= 0.3 is 11.9 Å². The van der Waals surface area contributed by atoms with Crippen LogP contribution in [-0.4, -0.2) is 51.0 Å². The third-order valence-electron chi connectivity index (χ3n) is 8.54. The Kier molecular flexibility index (Phi) is 19.7. The zero-order chi connectivity index (χ0) is 27.9. The van der Waals surface area contributed by atoms with E-state index in [9.17, 15) is 9.59 Å². The zero-order valence-corrected chi connectivity index (χ0v) is 25.4. The predicted molar refractivity (Wildman–Crippen MR) is 159 cm³/mol. The first kappa shape index (κ1) is 34.1. The van der Waals surface area contributed by atoms with E-state index in [0.717, 1.165) is 58.2 Å². The molecule has 0 radical (unpaired) electrons. The molecule has 0 amide bonds. The number of hydrogen-bond acceptors (Lipinski definition) is 6. The summed E-state index contributed by atoms with van der Waals surface area (Å²) in [4.78, 5) is 24.8. The molecule has 2 fully saturated rings. The Bertz CT molecular complexity index is 615. The number of epoxide rings is 1. The fraction of sp³-hybridized carbons (Fsp3) is 0.939. The third kappa shape index (κ3) is 18.8. The maximum atomic E-state index is 12.4. The number of piperidine rings is 1. The lowest BCUT2D eigenvalue weighted by Crippen LogP contribution is -2.43. The molecule has 2 rings (SSSR count). The molecular weight excluding hydrogens is 490 g/mol. The van der Waals surface area contributed by atoms with Gasteiger partial charge in [0.25, 0.3) is 0 Å². The summed E-state index contributed by atoms with van der Waals surface area (Å²) in [5, 5.41) is 3.38. The summed E-state index contributed by atoms with van der Waals surface area (Å²) in [7, 11) is 0. The van der Waals surface area contributed by atoms with Gasteiger partial charge in [-0.2, -0.15) is 0 Å². The van der Waals surface area contributed by atoms with E-state index >= 15 is 0 Å². The molecule has 0 bridgehead atoms. The van der Waals surface area contributed by atoms with Gasteiger partial charge in [0, 0.05) is 18.3 Å². The molecule has 2 aliphatic rings. The van der Waals surface area contributed by atoms with Crippen LogP contribution in [0.3, 0.4) is 0 Å². The van der Waals surface area contributed by atoms with Crippen molar-refractivity contribution in [3.8, 4) is 0 Å². The summed E-state index contributed by atoms with van der Waals surface area (Å²) in [5.74, 6) is -0.205. The fourth-order valence-corrected chi connectivity index (χ4v) is 5.59. The van der Waals surface area contributed by atoms with Crippen molar-refractivity contribution in [1.82, 2.24) is 5.32 Å². The molecule has 0 saturated carbocycles. The Morgan fingerprint density at radius 1 is 0.667 bits per heavy atom. The predicted octanol–water partition coefficient (Wildman–Crippen LogP) is 8.05. The van der Waals surface area contributed by atoms with Gasteiger partial charge in [-0.1, -0.05) is 110 Å². The summed E-state index contributed by atoms with van der Waals surface area (Å²) >= 11 is 0. The lowest BCUT2D eigenvalue weighted by atomic mass is 9.80. The maximum absolute atomic E-state index is 12.4. The van der Waals surface area contributed by atoms with Crippen LogP contribution in [0.15, 0.2) is 0 Å². The van der Waals surface area contributed by atoms with Crippen LogP contribution in [0.2, 0.25) is 0 Å². The van der Waals surface area contributed by atoms with Crippen molar-refractivity contribution in [3.05, 3.63) is 0 Å². The molecule has 2 saturated heterocycles. The number of ether oxygens (including phenoxy) is 3. The number of nitrogens with one attached hydrogen (secondary N) is 1. The molecule has 0 aromatic heterocycles. The lowest BCUT2D eigenvalue weighted by Gasteiger charge is -2.36. The number of carbonyl (C=O) groups excluding carboxylic acids is 2. The van der Waals surface area contributed by atoms with Gasteiger partial charge in [0.2, 0.25) is 0 Å². The van der Waals surface area contributed by atoms with E-state index in [1.807, 2.05) is 0 Å². The molecule has 6 nitrogen and oxygen atoms in total. The van der Waals surface area contributed by atoms with Crippen LogP contribution >= 0.6 is 0 Å². The van der Waals surface area contributed by atoms with Gasteiger partial charge in [0.1, 0.15) is 13.2 Å². The largest absolute Gasteiger partial charge is 0.465 e. The Morgan fingerprint density at radius 3 is 1.51 bits per heavy atom. The molecule has 1 unspecified atom stereocenters. The lowest BCUT2D eigenvalue weighted by molar-refractivity contribution is -0.155. The molecule has 0 aliphatic carbocycles. The van der Waals surface area contributed by atoms with Gasteiger partial charge in [0.05, 0.1) is 12.7 Å². The van der Waals surface area contributed by atoms with Crippen molar-refractivity contribution in [2.45, 2.75) is 161 Å². The van der Waals surface area contributed by atoms with Crippen molar-refractivity contribution in [3.63, 3.8) is 0 Å². The first-order chi connectivity index (χ1) is 19.1. The van der Waals surface area contributed by atoms with Crippen LogP contribution in [0, 0.1) is 5.41 Å². The van der Waals surface area contributed by atoms with E-state index in [1.54, 1.807) is 0 Å². The smallest absolute Gasteiger partial charge is 0.305 e. The minimum absolute atomic E-state index is 0.102. The van der Waals surface area contributed by atoms with Crippen LogP contribution in [0.5, 0.6) is 0 Å². The van der Waals surface area contributed by atoms with E-state index < -0.39 is 0 Å². The molecule has 1 atom stereocenters. The topological polar surface area (TPSA) is 77.2 Å². The van der Waals surface area contributed by atoms with Crippen LogP contribution in [0.1, 0.15) is 155 Å². The molecule has 2 heterocycles. The van der Waals surface area contributed by atoms with E-state index in [-0.39, 0.29) is 17.4 Å². The summed E-state index contributed by atoms with van der Waals surface area (Å²) in [6, 6.07) is 0. The van der Waals surface area contributed by atoms with E-state index in [2.05, 4.69) is 12.2 Å². The monoisotopic (exact) mass is 551 g/mol. The fourth-order valence-electron chi connectivity index (χ4n) is 5.59. The first-order valence-corrected chi connectivity index (χ1v) is 16.8. The standard InChI is InChI=1S/C33H61NO5/c1-2-3-4-5-6-8-12-15-18-21-31(35)38-28-33(23-25-34-26-24-33)29-39-32(36)22-19-16-13-10-7-9-11-14-17-20-30-27-37-30/h30,34H,2-29H2,1H3. The quantitative estimate of drug-likeness (QED) is 0.0666. The Balaban J connectivity index is 1.46. The average molecular weight is 552 g/mol. The Morgan fingerprint density at radius 2 is 1.08 bits per heavy atom. The van der Waals surface area contributed by atoms with Crippen LogP contribution in [0.25, 0.3) is 0 Å². The van der Waals surface area contributed by atoms with Crippen molar-refractivity contribution < 1.29 is 23.8 Å². The van der Waals surface area contributed by atoms with Crippen molar-refractivity contribution in [2.75, 3.05) is 32.9 Å². The number of esters is 2. The molecular formula is C33H61NO5. The molecule has 0 aromatic carbocycles. The third-order valence-corrected chi connectivity index (χ3v) is 8.54. The van der Waals surface area contributed by atoms with E-state index in [4.69, 9.17) is 14.2 Å². The molecule has 228 valence electrons. The highest BCUT2D eigenvalue weighted by atomic mass is 16.6. The summed E-state index contributed by atoms with van der Waals surface area (Å²) in [6.07, 6.45) is 26.8. The molecule has 2 aliphatic heterocycles. The highest BCUT2D eigenvalue weighted by molar-refractivity contribution is 5.69. The highest BCUT2D eigenvalue weighted by Crippen LogP contribution is 2.30. The second-order valence-corrected chi connectivity index (χ2v) is 12.3. The molecule has 39 heavy (non-hydrogen) atoms. The number of carbonyl (C=O) groups is 2. The summed E-state index contributed by atoms with van der Waals surface area (Å²) in [6.45, 7) is 5.72. The van der Waals surface area contributed by atoms with Crippen molar-refractivity contribution >= 4 is 11.9 Å². The highest BCUT2D eigenvalue weighted by Gasteiger charge is 2.35. The van der Waals surface area contributed by atoms with Gasteiger partial charge < -0.3 is 19.5 Å². The van der Waals surface area contributed by atoms with Crippen LogP contribution < -0.4 is 5.32 Å². The van der Waals surface area contributed by atoms with Gasteiger partial charge in [-0.15, -0.1) is 0 Å². The van der Waals surface area contributed by atoms with Crippen molar-refractivity contribution in [2.24, 2.45) is 5.41 Å². The van der Waals surface area contributed by atoms with Crippen LogP contribution in [-0.2, 0) is 23.8 Å². The minimum atomic E-state index is -0.235. The number of unbranched alkanes of at least 4 members (excludes halogenated alkanes) is 16. The van der Waals surface area contributed by atoms with E-state index in [1.165, 1.54) is 96.3 Å². The summed E-state index contributed by atoms with van der Waals surface area (Å²) in [5.41, 5.74) is -0.235. The number of hydrogen-bond donors (Lipinski definition) is 1. The van der Waals surface area contributed by atoms with Gasteiger partial charge in [-0.05, 0) is 45.2 Å². The zero-order valence-electron chi connectivity index (χ0n) is 25.4. The summed E-state index contributed by atoms with van der Waals surface area (Å²) < 4.78 is 16.7. The average Bonchev–Trinajstić information content (AvgIpc) is 3.78. The maximum Gasteiger partial charge on any atom is 0.305 e. The normalized spacial score (nSPS) is 18.1. The Labute approximate surface area is 240 Å².